The molecule has 1 aromatic heterocycles. The highest BCUT2D eigenvalue weighted by molar-refractivity contribution is 5.94. The van der Waals surface area contributed by atoms with E-state index in [1.807, 2.05) is 44.2 Å². The van der Waals surface area contributed by atoms with Gasteiger partial charge >= 0.3 is 6.03 Å². The summed E-state index contributed by atoms with van der Waals surface area (Å²) in [5.41, 5.74) is 0.930. The van der Waals surface area contributed by atoms with Gasteiger partial charge in [-0.1, -0.05) is 75.7 Å². The van der Waals surface area contributed by atoms with Gasteiger partial charge in [0, 0.05) is 18.3 Å². The Hall–Kier alpha value is -3.00. The summed E-state index contributed by atoms with van der Waals surface area (Å²) in [5, 5.41) is 17.2. The first kappa shape index (κ1) is 25.3. The average Bonchev–Trinajstić information content (AvgIpc) is 3.26. The van der Waals surface area contributed by atoms with E-state index in [1.54, 1.807) is 6.08 Å². The van der Waals surface area contributed by atoms with E-state index in [4.69, 9.17) is 4.52 Å². The number of carbonyl (C=O) groups excluding carboxylic acids is 2. The molecule has 0 fully saturated rings. The van der Waals surface area contributed by atoms with Crippen molar-refractivity contribution in [3.63, 3.8) is 0 Å². The van der Waals surface area contributed by atoms with Gasteiger partial charge in [0.1, 0.15) is 6.04 Å². The molecule has 3 amide bonds. The zero-order chi connectivity index (χ0) is 23.7. The second-order valence-corrected chi connectivity index (χ2v) is 8.68. The molecule has 0 spiro atoms. The largest absolute Gasteiger partial charge is 0.349 e. The predicted octanol–water partition coefficient (Wildman–Crippen LogP) is 5.03. The highest BCUT2D eigenvalue weighted by Gasteiger charge is 2.30. The van der Waals surface area contributed by atoms with E-state index in [1.165, 1.54) is 0 Å². The van der Waals surface area contributed by atoms with Crippen LogP contribution < -0.4 is 5.32 Å². The van der Waals surface area contributed by atoms with Gasteiger partial charge < -0.3 is 9.84 Å². The number of aromatic nitrogens is 2. The molecule has 0 saturated heterocycles. The number of urea groups is 1. The molecule has 0 radical (unpaired) electrons. The molecule has 1 unspecified atom stereocenters. The van der Waals surface area contributed by atoms with E-state index in [0.29, 0.717) is 31.0 Å². The van der Waals surface area contributed by atoms with Crippen molar-refractivity contribution in [1.29, 1.82) is 0 Å². The number of benzene rings is 1. The van der Waals surface area contributed by atoms with Crippen molar-refractivity contribution in [3.8, 4) is 0 Å². The summed E-state index contributed by atoms with van der Waals surface area (Å²) < 4.78 is 5.38. The minimum Gasteiger partial charge on any atom is -0.337 e. The minimum absolute atomic E-state index is 0.0529. The highest BCUT2D eigenvalue weighted by atomic mass is 16.5. The van der Waals surface area contributed by atoms with Crippen molar-refractivity contribution in [3.05, 3.63) is 60.3 Å². The van der Waals surface area contributed by atoms with Gasteiger partial charge in [-0.05, 0) is 24.3 Å². The first-order chi connectivity index (χ1) is 15.2. The van der Waals surface area contributed by atoms with Crippen LogP contribution in [0.25, 0.3) is 0 Å². The lowest BCUT2D eigenvalue weighted by molar-refractivity contribution is -0.157. The van der Waals surface area contributed by atoms with Gasteiger partial charge in [0.05, 0.1) is 0 Å². The Kier molecular flexibility index (Phi) is 9.59. The zero-order valence-corrected chi connectivity index (χ0v) is 19.3. The molecular weight excluding hydrogens is 408 g/mol. The molecule has 2 atom stereocenters. The van der Waals surface area contributed by atoms with Crippen molar-refractivity contribution in [2.24, 2.45) is 11.8 Å². The predicted molar refractivity (Wildman–Crippen MR) is 121 cm³/mol. The lowest BCUT2D eigenvalue weighted by atomic mass is 9.94. The summed E-state index contributed by atoms with van der Waals surface area (Å²) in [6.07, 6.45) is 3.72. The first-order valence-corrected chi connectivity index (χ1v) is 11.0. The molecule has 174 valence electrons. The van der Waals surface area contributed by atoms with Gasteiger partial charge in [-0.3, -0.25) is 10.0 Å². The smallest absolute Gasteiger partial charge is 0.337 e. The molecule has 2 aromatic rings. The van der Waals surface area contributed by atoms with Crippen molar-refractivity contribution in [1.82, 2.24) is 20.5 Å². The van der Waals surface area contributed by atoms with Crippen molar-refractivity contribution < 1.29 is 19.3 Å². The second-order valence-electron chi connectivity index (χ2n) is 8.68. The van der Waals surface area contributed by atoms with Gasteiger partial charge in [-0.25, -0.2) is 4.79 Å². The Morgan fingerprint density at radius 2 is 1.88 bits per heavy atom. The van der Waals surface area contributed by atoms with Crippen LogP contribution in [0.1, 0.15) is 76.2 Å². The number of nitrogens with one attached hydrogen (secondary N) is 1. The highest BCUT2D eigenvalue weighted by Crippen LogP contribution is 2.21. The molecule has 2 rings (SSSR count). The fraction of sp³-hybridized carbons (Fsp3) is 0.500. The topological polar surface area (TPSA) is 109 Å². The monoisotopic (exact) mass is 442 g/mol. The SMILES string of the molecule is C=CC[C@H](CCC(C)C)C(=O)N(O)C(=O)NC(Cc1ccccc1)c1nc(C(C)C)no1. The van der Waals surface area contributed by atoms with Gasteiger partial charge in [0.25, 0.3) is 5.91 Å². The third-order valence-corrected chi connectivity index (χ3v) is 5.15. The van der Waals surface area contributed by atoms with E-state index in [0.717, 1.165) is 12.0 Å². The molecule has 0 aliphatic carbocycles. The third-order valence-electron chi connectivity index (χ3n) is 5.15. The molecule has 2 N–H and O–H groups in total. The molecule has 1 aromatic carbocycles. The van der Waals surface area contributed by atoms with Gasteiger partial charge in [-0.15, -0.1) is 11.6 Å². The fourth-order valence-electron chi connectivity index (χ4n) is 3.23. The molecule has 32 heavy (non-hydrogen) atoms. The summed E-state index contributed by atoms with van der Waals surface area (Å²) >= 11 is 0. The van der Waals surface area contributed by atoms with E-state index in [2.05, 4.69) is 35.9 Å². The number of carbonyl (C=O) groups is 2. The Morgan fingerprint density at radius 1 is 1.19 bits per heavy atom. The Balaban J connectivity index is 2.17. The van der Waals surface area contributed by atoms with Gasteiger partial charge in [0.15, 0.2) is 5.82 Å². The maximum absolute atomic E-state index is 12.8. The maximum atomic E-state index is 12.8. The molecular formula is C24H34N4O4. The number of hydrogen-bond acceptors (Lipinski definition) is 6. The molecule has 0 aliphatic heterocycles. The van der Waals surface area contributed by atoms with E-state index in [-0.39, 0.29) is 16.9 Å². The van der Waals surface area contributed by atoms with Crippen LogP contribution in [-0.4, -0.2) is 32.3 Å². The maximum Gasteiger partial charge on any atom is 0.349 e. The van der Waals surface area contributed by atoms with Crippen molar-refractivity contribution in [2.75, 3.05) is 0 Å². The van der Waals surface area contributed by atoms with E-state index in [9.17, 15) is 14.8 Å². The number of imide groups is 1. The van der Waals surface area contributed by atoms with Crippen LogP contribution in [0.15, 0.2) is 47.5 Å². The molecule has 0 saturated carbocycles. The van der Waals surface area contributed by atoms with Gasteiger partial charge in [-0.2, -0.15) is 4.98 Å². The van der Waals surface area contributed by atoms with E-state index < -0.39 is 23.9 Å². The van der Waals surface area contributed by atoms with E-state index >= 15 is 0 Å². The fourth-order valence-corrected chi connectivity index (χ4v) is 3.23. The normalized spacial score (nSPS) is 13.1. The molecule has 0 aliphatic rings. The molecule has 8 heteroatoms. The zero-order valence-electron chi connectivity index (χ0n) is 19.3. The van der Waals surface area contributed by atoms with Crippen LogP contribution >= 0.6 is 0 Å². The average molecular weight is 443 g/mol. The Bertz CT molecular complexity index is 879. The van der Waals surface area contributed by atoms with Gasteiger partial charge in [0.2, 0.25) is 5.89 Å². The molecule has 0 bridgehead atoms. The summed E-state index contributed by atoms with van der Waals surface area (Å²) in [5.74, 6) is 0.0124. The van der Waals surface area contributed by atoms with Crippen LogP contribution in [0.4, 0.5) is 4.79 Å². The molecule has 8 nitrogen and oxygen atoms in total. The van der Waals surface area contributed by atoms with Crippen LogP contribution in [0, 0.1) is 11.8 Å². The number of rotatable bonds is 11. The number of allylic oxidation sites excluding steroid dienone is 1. The summed E-state index contributed by atoms with van der Waals surface area (Å²) in [4.78, 5) is 29.9. The van der Waals surface area contributed by atoms with Crippen LogP contribution in [-0.2, 0) is 11.2 Å². The minimum atomic E-state index is -0.932. The van der Waals surface area contributed by atoms with Crippen LogP contribution in [0.2, 0.25) is 0 Å². The van der Waals surface area contributed by atoms with Crippen LogP contribution in [0.5, 0.6) is 0 Å². The lowest BCUT2D eigenvalue weighted by Crippen LogP contribution is -2.46. The van der Waals surface area contributed by atoms with Crippen molar-refractivity contribution in [2.45, 2.75) is 65.3 Å². The summed E-state index contributed by atoms with van der Waals surface area (Å²) in [6.45, 7) is 11.7. The quantitative estimate of drug-likeness (QED) is 0.287. The summed E-state index contributed by atoms with van der Waals surface area (Å²) in [6, 6.07) is 7.85. The second kappa shape index (κ2) is 12.1. The van der Waals surface area contributed by atoms with Crippen molar-refractivity contribution >= 4 is 11.9 Å². The third kappa shape index (κ3) is 7.30. The summed E-state index contributed by atoms with van der Waals surface area (Å²) in [7, 11) is 0. The Morgan fingerprint density at radius 3 is 2.44 bits per heavy atom. The molecule has 1 heterocycles. The Labute approximate surface area is 189 Å². The standard InChI is InChI=1S/C24H34N4O4/c1-6-10-19(14-13-16(2)3)23(29)28(31)24(30)25-20(15-18-11-8-7-9-12-18)22-26-21(17(4)5)27-32-22/h6-9,11-12,16-17,19-20,31H,1,10,13-15H2,2-5H3,(H,25,30)/t19-,20?/m1/s1. The number of nitrogens with zero attached hydrogens (tertiary/aromatic N) is 3. The number of amides is 3. The van der Waals surface area contributed by atoms with Crippen LogP contribution in [0.3, 0.4) is 0 Å². The first-order valence-electron chi connectivity index (χ1n) is 11.0. The number of hydroxylamine groups is 2. The lowest BCUT2D eigenvalue weighted by Gasteiger charge is -2.23. The number of hydrogen-bond donors (Lipinski definition) is 2.